The molecule has 0 radical (unpaired) electrons. The molecule has 0 spiro atoms. The van der Waals surface area contributed by atoms with Crippen molar-refractivity contribution in [3.05, 3.63) is 80.3 Å². The van der Waals surface area contributed by atoms with Crippen molar-refractivity contribution in [1.82, 2.24) is 14.7 Å². The van der Waals surface area contributed by atoms with E-state index in [0.29, 0.717) is 32.7 Å². The van der Waals surface area contributed by atoms with Gasteiger partial charge in [0.25, 0.3) is 11.8 Å². The third-order valence-electron chi connectivity index (χ3n) is 4.96. The van der Waals surface area contributed by atoms with Gasteiger partial charge in [0.15, 0.2) is 0 Å². The molecular weight excluding hydrogens is 467 g/mol. The summed E-state index contributed by atoms with van der Waals surface area (Å²) in [6.07, 6.45) is 0. The molecule has 164 valence electrons. The third-order valence-corrected chi connectivity index (χ3v) is 6.70. The predicted octanol–water partition coefficient (Wildman–Crippen LogP) is 5.72. The molecular formula is C23H20Cl2N4O2S. The molecule has 0 aliphatic rings. The predicted molar refractivity (Wildman–Crippen MR) is 130 cm³/mol. The van der Waals surface area contributed by atoms with E-state index < -0.39 is 0 Å². The lowest BCUT2D eigenvalue weighted by Crippen LogP contribution is -2.21. The molecule has 0 atom stereocenters. The Morgan fingerprint density at radius 3 is 2.47 bits per heavy atom. The van der Waals surface area contributed by atoms with Gasteiger partial charge in [-0.05, 0) is 55.0 Å². The van der Waals surface area contributed by atoms with Gasteiger partial charge >= 0.3 is 0 Å². The fraction of sp³-hybridized carbons (Fsp3) is 0.174. The van der Waals surface area contributed by atoms with E-state index in [-0.39, 0.29) is 11.8 Å². The summed E-state index contributed by atoms with van der Waals surface area (Å²) in [6.45, 7) is 2.39. The van der Waals surface area contributed by atoms with Crippen molar-refractivity contribution in [1.29, 1.82) is 0 Å². The highest BCUT2D eigenvalue weighted by molar-refractivity contribution is 7.20. The second-order valence-corrected chi connectivity index (χ2v) is 9.41. The van der Waals surface area contributed by atoms with E-state index in [1.165, 1.54) is 16.2 Å². The van der Waals surface area contributed by atoms with Crippen LogP contribution in [0, 0.1) is 6.92 Å². The number of benzene rings is 2. The number of amides is 2. The molecule has 0 saturated carbocycles. The summed E-state index contributed by atoms with van der Waals surface area (Å²) in [7, 11) is 3.40. The number of carbonyl (C=O) groups is 2. The molecule has 2 aromatic carbocycles. The molecule has 0 aliphatic carbocycles. The number of nitrogens with zero attached hydrogens (tertiary/aromatic N) is 3. The SMILES string of the molecule is Cc1nn(Cc2ccc(Cl)cc2Cl)c2sc(C(=O)Nc3ccc(C(=O)N(C)C)cc3)cc12. The van der Waals surface area contributed by atoms with Crippen LogP contribution in [0.4, 0.5) is 5.69 Å². The molecule has 2 aromatic heterocycles. The van der Waals surface area contributed by atoms with Crippen molar-refractivity contribution < 1.29 is 9.59 Å². The Morgan fingerprint density at radius 2 is 1.81 bits per heavy atom. The summed E-state index contributed by atoms with van der Waals surface area (Å²) in [6, 6.07) is 14.1. The molecule has 9 heteroatoms. The number of thiophene rings is 1. The minimum Gasteiger partial charge on any atom is -0.345 e. The van der Waals surface area contributed by atoms with E-state index in [1.807, 2.05) is 23.7 Å². The number of anilines is 1. The van der Waals surface area contributed by atoms with Crippen molar-refractivity contribution in [2.45, 2.75) is 13.5 Å². The van der Waals surface area contributed by atoms with Gasteiger partial charge in [0.05, 0.1) is 17.1 Å². The number of aromatic nitrogens is 2. The average molecular weight is 487 g/mol. The minimum absolute atomic E-state index is 0.0896. The first-order chi connectivity index (χ1) is 15.2. The van der Waals surface area contributed by atoms with Crippen LogP contribution in [-0.2, 0) is 6.54 Å². The lowest BCUT2D eigenvalue weighted by atomic mass is 10.2. The summed E-state index contributed by atoms with van der Waals surface area (Å²) in [5.74, 6) is -0.304. The summed E-state index contributed by atoms with van der Waals surface area (Å²) >= 11 is 13.7. The zero-order valence-corrected chi connectivity index (χ0v) is 20.0. The standard InChI is InChI=1S/C23H20Cl2N4O2S/c1-13-18-11-20(21(30)26-17-8-5-14(6-9-17)22(31)28(2)3)32-23(18)29(27-13)12-15-4-7-16(24)10-19(15)25/h4-11H,12H2,1-3H3,(H,26,30). The molecule has 6 nitrogen and oxygen atoms in total. The van der Waals surface area contributed by atoms with Crippen molar-refractivity contribution in [3.8, 4) is 0 Å². The van der Waals surface area contributed by atoms with Gasteiger partial charge < -0.3 is 10.2 Å². The van der Waals surface area contributed by atoms with E-state index in [1.54, 1.807) is 50.5 Å². The van der Waals surface area contributed by atoms with Gasteiger partial charge in [0, 0.05) is 40.8 Å². The molecule has 0 aliphatic heterocycles. The minimum atomic E-state index is -0.214. The molecule has 0 bridgehead atoms. The second-order valence-electron chi connectivity index (χ2n) is 7.54. The van der Waals surface area contributed by atoms with Crippen LogP contribution in [0.2, 0.25) is 10.0 Å². The second kappa shape index (κ2) is 8.94. The van der Waals surface area contributed by atoms with Crippen molar-refractivity contribution in [2.24, 2.45) is 0 Å². The Labute approximate surface area is 199 Å². The molecule has 32 heavy (non-hydrogen) atoms. The molecule has 0 saturated heterocycles. The Morgan fingerprint density at radius 1 is 1.09 bits per heavy atom. The summed E-state index contributed by atoms with van der Waals surface area (Å²) in [5.41, 5.74) is 2.92. The van der Waals surface area contributed by atoms with Crippen LogP contribution in [0.3, 0.4) is 0 Å². The summed E-state index contributed by atoms with van der Waals surface area (Å²) in [5, 5.41) is 9.57. The van der Waals surface area contributed by atoms with E-state index in [4.69, 9.17) is 23.2 Å². The molecule has 4 rings (SSSR count). The number of hydrogen-bond donors (Lipinski definition) is 1. The van der Waals surface area contributed by atoms with Gasteiger partial charge in [0.1, 0.15) is 4.83 Å². The van der Waals surface area contributed by atoms with E-state index >= 15 is 0 Å². The van der Waals surface area contributed by atoms with Gasteiger partial charge in [-0.25, -0.2) is 0 Å². The fourth-order valence-corrected chi connectivity index (χ4v) is 4.81. The molecule has 1 N–H and O–H groups in total. The van der Waals surface area contributed by atoms with Crippen LogP contribution in [0.5, 0.6) is 0 Å². The van der Waals surface area contributed by atoms with Crippen LogP contribution < -0.4 is 5.32 Å². The van der Waals surface area contributed by atoms with Crippen LogP contribution >= 0.6 is 34.5 Å². The Bertz CT molecular complexity index is 1330. The van der Waals surface area contributed by atoms with Gasteiger partial charge in [-0.1, -0.05) is 29.3 Å². The van der Waals surface area contributed by atoms with Gasteiger partial charge in [0.2, 0.25) is 0 Å². The fourth-order valence-electron chi connectivity index (χ4n) is 3.29. The number of hydrogen-bond acceptors (Lipinski definition) is 4. The van der Waals surface area contributed by atoms with Crippen LogP contribution in [0.1, 0.15) is 31.3 Å². The van der Waals surface area contributed by atoms with Crippen LogP contribution in [0.25, 0.3) is 10.2 Å². The number of nitrogens with one attached hydrogen (secondary N) is 1. The van der Waals surface area contributed by atoms with Gasteiger partial charge in [-0.2, -0.15) is 5.10 Å². The zero-order chi connectivity index (χ0) is 23.0. The van der Waals surface area contributed by atoms with Crippen molar-refractivity contribution >= 4 is 62.3 Å². The number of fused-ring (bicyclic) bond motifs is 1. The first-order valence-corrected chi connectivity index (χ1v) is 11.3. The monoisotopic (exact) mass is 486 g/mol. The molecule has 0 fully saturated rings. The largest absolute Gasteiger partial charge is 0.345 e. The third kappa shape index (κ3) is 4.50. The maximum absolute atomic E-state index is 12.8. The number of rotatable bonds is 5. The topological polar surface area (TPSA) is 67.2 Å². The maximum Gasteiger partial charge on any atom is 0.265 e. The smallest absolute Gasteiger partial charge is 0.265 e. The molecule has 0 unspecified atom stereocenters. The molecule has 2 heterocycles. The van der Waals surface area contributed by atoms with Gasteiger partial charge in [-0.3, -0.25) is 14.3 Å². The zero-order valence-electron chi connectivity index (χ0n) is 17.6. The van der Waals surface area contributed by atoms with E-state index in [9.17, 15) is 9.59 Å². The quantitative estimate of drug-likeness (QED) is 0.392. The van der Waals surface area contributed by atoms with Gasteiger partial charge in [-0.15, -0.1) is 11.3 Å². The highest BCUT2D eigenvalue weighted by atomic mass is 35.5. The van der Waals surface area contributed by atoms with E-state index in [0.717, 1.165) is 21.5 Å². The van der Waals surface area contributed by atoms with Crippen LogP contribution in [0.15, 0.2) is 48.5 Å². The van der Waals surface area contributed by atoms with Crippen molar-refractivity contribution in [3.63, 3.8) is 0 Å². The number of carbonyl (C=O) groups excluding carboxylic acids is 2. The first kappa shape index (κ1) is 22.3. The Hall–Kier alpha value is -2.87. The van der Waals surface area contributed by atoms with Crippen molar-refractivity contribution in [2.75, 3.05) is 19.4 Å². The summed E-state index contributed by atoms with van der Waals surface area (Å²) < 4.78 is 1.85. The van der Waals surface area contributed by atoms with Crippen LogP contribution in [-0.4, -0.2) is 40.6 Å². The highest BCUT2D eigenvalue weighted by Gasteiger charge is 2.18. The van der Waals surface area contributed by atoms with E-state index in [2.05, 4.69) is 10.4 Å². The normalized spacial score (nSPS) is 11.0. The average Bonchev–Trinajstić information content (AvgIpc) is 3.31. The Balaban J connectivity index is 1.55. The molecule has 2 amide bonds. The molecule has 4 aromatic rings. The lowest BCUT2D eigenvalue weighted by Gasteiger charge is -2.10. The first-order valence-electron chi connectivity index (χ1n) is 9.77. The Kier molecular flexibility index (Phi) is 6.24. The maximum atomic E-state index is 12.8. The highest BCUT2D eigenvalue weighted by Crippen LogP contribution is 2.30. The number of halogens is 2. The lowest BCUT2D eigenvalue weighted by molar-refractivity contribution is 0.0827. The summed E-state index contributed by atoms with van der Waals surface area (Å²) in [4.78, 5) is 27.8. The number of aryl methyl sites for hydroxylation is 1.